The van der Waals surface area contributed by atoms with Crippen LogP contribution in [-0.2, 0) is 20.6 Å². The molecule has 0 saturated carbocycles. The van der Waals surface area contributed by atoms with E-state index in [1.807, 2.05) is 0 Å². The topological polar surface area (TPSA) is 77.0 Å². The second kappa shape index (κ2) is 10.0. The third-order valence-corrected chi connectivity index (χ3v) is 4.11. The van der Waals surface area contributed by atoms with E-state index < -0.39 is 23.8 Å². The Bertz CT molecular complexity index is 598. The van der Waals surface area contributed by atoms with Crippen LogP contribution in [0.3, 0.4) is 0 Å². The van der Waals surface area contributed by atoms with Crippen LogP contribution in [0.5, 0.6) is 0 Å². The predicted molar refractivity (Wildman–Crippen MR) is 98.8 cm³/mol. The molecular formula is C20H30FNO5. The molecule has 27 heavy (non-hydrogen) atoms. The van der Waals surface area contributed by atoms with E-state index in [1.54, 1.807) is 32.9 Å². The Labute approximate surface area is 160 Å². The summed E-state index contributed by atoms with van der Waals surface area (Å²) in [5, 5.41) is 13.4. The van der Waals surface area contributed by atoms with E-state index in [4.69, 9.17) is 14.2 Å². The SMILES string of the molecule is CC(C)(C)OC(=O)N[C@@H](Cc1cccc(F)c1)[C@H](O)CCC1OCCCO1. The largest absolute Gasteiger partial charge is 0.444 e. The lowest BCUT2D eigenvalue weighted by Gasteiger charge is -2.28. The lowest BCUT2D eigenvalue weighted by atomic mass is 9.98. The number of amides is 1. The molecule has 0 spiro atoms. The molecule has 1 aliphatic heterocycles. The van der Waals surface area contributed by atoms with Gasteiger partial charge in [-0.15, -0.1) is 0 Å². The van der Waals surface area contributed by atoms with E-state index in [1.165, 1.54) is 12.1 Å². The predicted octanol–water partition coefficient (Wildman–Crippen LogP) is 3.17. The van der Waals surface area contributed by atoms with Crippen LogP contribution in [0.2, 0.25) is 0 Å². The summed E-state index contributed by atoms with van der Waals surface area (Å²) in [6.07, 6.45) is 0.219. The van der Waals surface area contributed by atoms with E-state index in [0.717, 1.165) is 6.42 Å². The monoisotopic (exact) mass is 383 g/mol. The zero-order chi connectivity index (χ0) is 19.9. The van der Waals surface area contributed by atoms with Crippen LogP contribution in [-0.4, -0.2) is 48.5 Å². The molecule has 6 nitrogen and oxygen atoms in total. The summed E-state index contributed by atoms with van der Waals surface area (Å²) in [7, 11) is 0. The highest BCUT2D eigenvalue weighted by Crippen LogP contribution is 2.17. The molecule has 1 saturated heterocycles. The zero-order valence-corrected chi connectivity index (χ0v) is 16.2. The second-order valence-electron chi connectivity index (χ2n) is 7.76. The highest BCUT2D eigenvalue weighted by molar-refractivity contribution is 5.68. The van der Waals surface area contributed by atoms with Gasteiger partial charge in [0, 0.05) is 6.42 Å². The first-order chi connectivity index (χ1) is 12.7. The number of carbonyl (C=O) groups excluding carboxylic acids is 1. The molecule has 1 aromatic carbocycles. The van der Waals surface area contributed by atoms with Gasteiger partial charge in [0.05, 0.1) is 25.4 Å². The van der Waals surface area contributed by atoms with Crippen molar-refractivity contribution in [1.82, 2.24) is 5.32 Å². The molecule has 0 aromatic heterocycles. The van der Waals surface area contributed by atoms with Crippen LogP contribution in [0.1, 0.15) is 45.6 Å². The molecule has 1 aromatic rings. The highest BCUT2D eigenvalue weighted by Gasteiger charge is 2.26. The van der Waals surface area contributed by atoms with E-state index in [-0.39, 0.29) is 18.5 Å². The minimum atomic E-state index is -0.852. The average Bonchev–Trinajstić information content (AvgIpc) is 2.58. The molecule has 0 unspecified atom stereocenters. The summed E-state index contributed by atoms with van der Waals surface area (Å²) in [6, 6.07) is 5.49. The molecule has 7 heteroatoms. The summed E-state index contributed by atoms with van der Waals surface area (Å²) in [5.74, 6) is -0.359. The first-order valence-corrected chi connectivity index (χ1v) is 9.38. The van der Waals surface area contributed by atoms with Crippen molar-refractivity contribution in [1.29, 1.82) is 0 Å². The Hall–Kier alpha value is -1.70. The molecule has 2 atom stereocenters. The van der Waals surface area contributed by atoms with E-state index in [9.17, 15) is 14.3 Å². The van der Waals surface area contributed by atoms with Gasteiger partial charge in [0.2, 0.25) is 0 Å². The third kappa shape index (κ3) is 8.24. The first-order valence-electron chi connectivity index (χ1n) is 9.38. The maximum absolute atomic E-state index is 13.5. The van der Waals surface area contributed by atoms with Crippen LogP contribution < -0.4 is 5.32 Å². The number of nitrogens with one attached hydrogen (secondary N) is 1. The van der Waals surface area contributed by atoms with Gasteiger partial charge in [-0.1, -0.05) is 12.1 Å². The molecule has 2 N–H and O–H groups in total. The number of benzene rings is 1. The first kappa shape index (κ1) is 21.6. The number of ether oxygens (including phenoxy) is 3. The van der Waals surface area contributed by atoms with Crippen molar-refractivity contribution in [3.05, 3.63) is 35.6 Å². The number of hydrogen-bond acceptors (Lipinski definition) is 5. The molecule has 2 rings (SSSR count). The highest BCUT2D eigenvalue weighted by atomic mass is 19.1. The molecule has 152 valence electrons. The quantitative estimate of drug-likeness (QED) is 0.756. The standard InChI is InChI=1S/C20H30FNO5/c1-20(2,3)27-19(24)22-16(13-14-6-4-7-15(21)12-14)17(23)8-9-18-25-10-5-11-26-18/h4,6-7,12,16-18,23H,5,8-11,13H2,1-3H3,(H,22,24)/t16-,17+/m0/s1. The van der Waals surface area contributed by atoms with Gasteiger partial charge in [-0.25, -0.2) is 9.18 Å². The van der Waals surface area contributed by atoms with Crippen molar-refractivity contribution >= 4 is 6.09 Å². The van der Waals surface area contributed by atoms with E-state index in [2.05, 4.69) is 5.32 Å². The number of aliphatic hydroxyl groups is 1. The summed E-state index contributed by atoms with van der Waals surface area (Å²) in [6.45, 7) is 6.58. The van der Waals surface area contributed by atoms with Gasteiger partial charge in [-0.05, 0) is 57.7 Å². The lowest BCUT2D eigenvalue weighted by molar-refractivity contribution is -0.184. The summed E-state index contributed by atoms with van der Waals surface area (Å²) in [5.41, 5.74) is 0.0302. The molecule has 0 bridgehead atoms. The third-order valence-electron chi connectivity index (χ3n) is 4.11. The van der Waals surface area contributed by atoms with Gasteiger partial charge in [0.1, 0.15) is 11.4 Å². The molecular weight excluding hydrogens is 353 g/mol. The normalized spacial score (nSPS) is 18.0. The molecule has 1 heterocycles. The Morgan fingerprint density at radius 2 is 2.07 bits per heavy atom. The second-order valence-corrected chi connectivity index (χ2v) is 7.76. The molecule has 1 aliphatic rings. The van der Waals surface area contributed by atoms with Crippen molar-refractivity contribution in [3.8, 4) is 0 Å². The lowest BCUT2D eigenvalue weighted by Crippen LogP contribution is -2.47. The van der Waals surface area contributed by atoms with Crippen LogP contribution in [0.4, 0.5) is 9.18 Å². The summed E-state index contributed by atoms with van der Waals surface area (Å²) < 4.78 is 29.8. The zero-order valence-electron chi connectivity index (χ0n) is 16.2. The Balaban J connectivity index is 1.99. The minimum Gasteiger partial charge on any atom is -0.444 e. The fourth-order valence-electron chi connectivity index (χ4n) is 2.87. The Morgan fingerprint density at radius 1 is 1.37 bits per heavy atom. The summed E-state index contributed by atoms with van der Waals surface area (Å²) in [4.78, 5) is 12.2. The van der Waals surface area contributed by atoms with E-state index >= 15 is 0 Å². The van der Waals surface area contributed by atoms with Gasteiger partial charge in [0.15, 0.2) is 6.29 Å². The number of rotatable bonds is 7. The van der Waals surface area contributed by atoms with Crippen molar-refractivity contribution < 1.29 is 28.5 Å². The molecule has 1 amide bonds. The number of hydrogen-bond donors (Lipinski definition) is 2. The molecule has 0 radical (unpaired) electrons. The van der Waals surface area contributed by atoms with Gasteiger partial charge in [-0.3, -0.25) is 0 Å². The van der Waals surface area contributed by atoms with Crippen molar-refractivity contribution in [3.63, 3.8) is 0 Å². The van der Waals surface area contributed by atoms with Gasteiger partial charge >= 0.3 is 6.09 Å². The smallest absolute Gasteiger partial charge is 0.407 e. The molecule has 1 fully saturated rings. The maximum atomic E-state index is 13.5. The number of aliphatic hydroxyl groups excluding tert-OH is 1. The van der Waals surface area contributed by atoms with Gasteiger partial charge in [-0.2, -0.15) is 0 Å². The van der Waals surface area contributed by atoms with Gasteiger partial charge < -0.3 is 24.6 Å². The fraction of sp³-hybridized carbons (Fsp3) is 0.650. The minimum absolute atomic E-state index is 0.282. The summed E-state index contributed by atoms with van der Waals surface area (Å²) >= 11 is 0. The van der Waals surface area contributed by atoms with Crippen LogP contribution >= 0.6 is 0 Å². The van der Waals surface area contributed by atoms with Crippen molar-refractivity contribution in [2.45, 2.75) is 70.5 Å². The van der Waals surface area contributed by atoms with Gasteiger partial charge in [0.25, 0.3) is 0 Å². The van der Waals surface area contributed by atoms with Crippen LogP contribution in [0.25, 0.3) is 0 Å². The number of alkyl carbamates (subject to hydrolysis) is 1. The van der Waals surface area contributed by atoms with Crippen molar-refractivity contribution in [2.75, 3.05) is 13.2 Å². The fourth-order valence-corrected chi connectivity index (χ4v) is 2.87. The van der Waals surface area contributed by atoms with E-state index in [0.29, 0.717) is 31.6 Å². The molecule has 0 aliphatic carbocycles. The average molecular weight is 383 g/mol. The Morgan fingerprint density at radius 3 is 2.70 bits per heavy atom. The van der Waals surface area contributed by atoms with Crippen LogP contribution in [0, 0.1) is 5.82 Å². The number of carbonyl (C=O) groups is 1. The van der Waals surface area contributed by atoms with Crippen LogP contribution in [0.15, 0.2) is 24.3 Å². The Kier molecular flexibility index (Phi) is 8.01. The maximum Gasteiger partial charge on any atom is 0.407 e. The number of halogens is 1. The van der Waals surface area contributed by atoms with Crippen molar-refractivity contribution in [2.24, 2.45) is 0 Å².